The van der Waals surface area contributed by atoms with Gasteiger partial charge >= 0.3 is 0 Å². The zero-order valence-corrected chi connectivity index (χ0v) is 13.6. The normalized spacial score (nSPS) is 10.3. The molecule has 0 radical (unpaired) electrons. The summed E-state index contributed by atoms with van der Waals surface area (Å²) in [6.45, 7) is 6.29. The number of ether oxygens (including phenoxy) is 2. The Balaban J connectivity index is 1.91. The van der Waals surface area contributed by atoms with Gasteiger partial charge in [0.15, 0.2) is 0 Å². The van der Waals surface area contributed by atoms with E-state index in [-0.39, 0.29) is 5.91 Å². The quantitative estimate of drug-likeness (QED) is 0.722. The first-order chi connectivity index (χ1) is 11.2. The van der Waals surface area contributed by atoms with Gasteiger partial charge in [-0.05, 0) is 32.4 Å². The minimum absolute atomic E-state index is 0.137. The van der Waals surface area contributed by atoms with Crippen LogP contribution >= 0.6 is 0 Å². The first-order valence-corrected chi connectivity index (χ1v) is 7.88. The molecule has 0 saturated heterocycles. The molecule has 0 aliphatic carbocycles. The second-order valence-electron chi connectivity index (χ2n) is 4.93. The van der Waals surface area contributed by atoms with E-state index in [1.165, 1.54) is 0 Å². The van der Waals surface area contributed by atoms with Crippen molar-refractivity contribution in [1.82, 2.24) is 14.9 Å². The van der Waals surface area contributed by atoms with Crippen LogP contribution in [0.25, 0.3) is 0 Å². The first-order valence-electron chi connectivity index (χ1n) is 7.88. The summed E-state index contributed by atoms with van der Waals surface area (Å²) in [7, 11) is 0. The van der Waals surface area contributed by atoms with Gasteiger partial charge in [0.2, 0.25) is 0 Å². The molecule has 6 heteroatoms. The predicted molar refractivity (Wildman–Crippen MR) is 88.0 cm³/mol. The molecule has 6 nitrogen and oxygen atoms in total. The molecule has 0 atom stereocenters. The zero-order chi connectivity index (χ0) is 16.5. The van der Waals surface area contributed by atoms with Crippen LogP contribution in [0.15, 0.2) is 36.9 Å². The van der Waals surface area contributed by atoms with E-state index in [0.29, 0.717) is 36.8 Å². The summed E-state index contributed by atoms with van der Waals surface area (Å²) in [5, 5.41) is 2.92. The van der Waals surface area contributed by atoms with Crippen LogP contribution in [0.4, 0.5) is 0 Å². The van der Waals surface area contributed by atoms with Crippen LogP contribution in [0.1, 0.15) is 30.6 Å². The highest BCUT2D eigenvalue weighted by Gasteiger charge is 2.13. The molecule has 124 valence electrons. The predicted octanol–water partition coefficient (Wildman–Crippen LogP) is 2.50. The Kier molecular flexibility index (Phi) is 6.47. The smallest absolute Gasteiger partial charge is 0.255 e. The molecule has 0 saturated carbocycles. The lowest BCUT2D eigenvalue weighted by Gasteiger charge is -2.12. The number of aromatic nitrogens is 2. The third kappa shape index (κ3) is 5.02. The first kappa shape index (κ1) is 16.9. The van der Waals surface area contributed by atoms with Crippen LogP contribution in [-0.4, -0.2) is 35.2 Å². The molecule has 1 heterocycles. The number of nitrogens with zero attached hydrogens (tertiary/aromatic N) is 2. The van der Waals surface area contributed by atoms with E-state index < -0.39 is 0 Å². The van der Waals surface area contributed by atoms with Crippen LogP contribution < -0.4 is 14.8 Å². The summed E-state index contributed by atoms with van der Waals surface area (Å²) in [6, 6.07) is 5.28. The monoisotopic (exact) mass is 317 g/mol. The molecule has 2 rings (SSSR count). The maximum Gasteiger partial charge on any atom is 0.255 e. The van der Waals surface area contributed by atoms with Crippen LogP contribution in [0.5, 0.6) is 11.5 Å². The van der Waals surface area contributed by atoms with Crippen LogP contribution in [0.3, 0.4) is 0 Å². The van der Waals surface area contributed by atoms with Gasteiger partial charge in [0, 0.05) is 31.5 Å². The summed E-state index contributed by atoms with van der Waals surface area (Å²) in [6.07, 6.45) is 6.25. The number of hydrogen-bond acceptors (Lipinski definition) is 4. The maximum atomic E-state index is 12.3. The van der Waals surface area contributed by atoms with Gasteiger partial charge in [0.05, 0.1) is 25.1 Å². The molecule has 0 unspecified atom stereocenters. The highest BCUT2D eigenvalue weighted by molar-refractivity contribution is 5.97. The van der Waals surface area contributed by atoms with E-state index in [2.05, 4.69) is 10.3 Å². The van der Waals surface area contributed by atoms with E-state index in [0.717, 1.165) is 13.0 Å². The molecule has 1 N–H and O–H groups in total. The Morgan fingerprint density at radius 3 is 2.78 bits per heavy atom. The molecule has 0 spiro atoms. The summed E-state index contributed by atoms with van der Waals surface area (Å²) in [5.74, 6) is 1.11. The zero-order valence-electron chi connectivity index (χ0n) is 13.6. The second-order valence-corrected chi connectivity index (χ2v) is 4.93. The number of imidazole rings is 1. The van der Waals surface area contributed by atoms with Crippen molar-refractivity contribution >= 4 is 5.91 Å². The molecule has 1 aromatic carbocycles. The molecule has 0 aliphatic rings. The van der Waals surface area contributed by atoms with Crippen molar-refractivity contribution in [3.63, 3.8) is 0 Å². The number of amides is 1. The van der Waals surface area contributed by atoms with Gasteiger partial charge in [-0.15, -0.1) is 0 Å². The molecule has 1 amide bonds. The molecule has 0 aliphatic heterocycles. The standard InChI is InChI=1S/C17H23N3O3/c1-3-22-14-6-7-15(16(12-14)23-4-2)17(21)19-8-5-10-20-11-9-18-13-20/h6-7,9,11-13H,3-5,8,10H2,1-2H3,(H,19,21). The average molecular weight is 317 g/mol. The van der Waals surface area contributed by atoms with E-state index in [1.807, 2.05) is 24.6 Å². The second kappa shape index (κ2) is 8.82. The van der Waals surface area contributed by atoms with Crippen molar-refractivity contribution in [3.8, 4) is 11.5 Å². The number of aryl methyl sites for hydroxylation is 1. The number of nitrogens with one attached hydrogen (secondary N) is 1. The Morgan fingerprint density at radius 1 is 1.26 bits per heavy atom. The van der Waals surface area contributed by atoms with Gasteiger partial charge in [-0.1, -0.05) is 0 Å². The Labute approximate surface area is 136 Å². The maximum absolute atomic E-state index is 12.3. The van der Waals surface area contributed by atoms with Gasteiger partial charge in [-0.3, -0.25) is 4.79 Å². The number of rotatable bonds is 9. The molecule has 0 fully saturated rings. The number of carbonyl (C=O) groups is 1. The Morgan fingerprint density at radius 2 is 2.09 bits per heavy atom. The van der Waals surface area contributed by atoms with Crippen molar-refractivity contribution in [2.75, 3.05) is 19.8 Å². The largest absolute Gasteiger partial charge is 0.494 e. The summed E-state index contributed by atoms with van der Waals surface area (Å²) in [4.78, 5) is 16.3. The summed E-state index contributed by atoms with van der Waals surface area (Å²) >= 11 is 0. The number of benzene rings is 1. The fourth-order valence-corrected chi connectivity index (χ4v) is 2.20. The molecule has 1 aromatic heterocycles. The Bertz CT molecular complexity index is 612. The van der Waals surface area contributed by atoms with Crippen molar-refractivity contribution in [1.29, 1.82) is 0 Å². The molecule has 2 aromatic rings. The minimum Gasteiger partial charge on any atom is -0.494 e. The van der Waals surface area contributed by atoms with Gasteiger partial charge < -0.3 is 19.4 Å². The van der Waals surface area contributed by atoms with Crippen molar-refractivity contribution < 1.29 is 14.3 Å². The van der Waals surface area contributed by atoms with Crippen molar-refractivity contribution in [2.24, 2.45) is 0 Å². The van der Waals surface area contributed by atoms with Crippen LogP contribution in [-0.2, 0) is 6.54 Å². The lowest BCUT2D eigenvalue weighted by atomic mass is 10.1. The van der Waals surface area contributed by atoms with Crippen LogP contribution in [0, 0.1) is 0 Å². The lowest BCUT2D eigenvalue weighted by molar-refractivity contribution is 0.0949. The van der Waals surface area contributed by atoms with Crippen LogP contribution in [0.2, 0.25) is 0 Å². The number of hydrogen-bond donors (Lipinski definition) is 1. The van der Waals surface area contributed by atoms with Crippen molar-refractivity contribution in [2.45, 2.75) is 26.8 Å². The van der Waals surface area contributed by atoms with E-state index in [9.17, 15) is 4.79 Å². The Hall–Kier alpha value is -2.50. The highest BCUT2D eigenvalue weighted by atomic mass is 16.5. The summed E-state index contributed by atoms with van der Waals surface area (Å²) in [5.41, 5.74) is 0.526. The SMILES string of the molecule is CCOc1ccc(C(=O)NCCCn2ccnc2)c(OCC)c1. The summed E-state index contributed by atoms with van der Waals surface area (Å²) < 4.78 is 13.0. The average Bonchev–Trinajstić information content (AvgIpc) is 3.06. The fraction of sp³-hybridized carbons (Fsp3) is 0.412. The van der Waals surface area contributed by atoms with Gasteiger partial charge in [-0.2, -0.15) is 0 Å². The van der Waals surface area contributed by atoms with E-state index in [4.69, 9.17) is 9.47 Å². The van der Waals surface area contributed by atoms with Crippen molar-refractivity contribution in [3.05, 3.63) is 42.5 Å². The molecular formula is C17H23N3O3. The van der Waals surface area contributed by atoms with Gasteiger partial charge in [0.1, 0.15) is 11.5 Å². The third-order valence-electron chi connectivity index (χ3n) is 3.25. The fourth-order valence-electron chi connectivity index (χ4n) is 2.20. The molecule has 23 heavy (non-hydrogen) atoms. The third-order valence-corrected chi connectivity index (χ3v) is 3.25. The molecular weight excluding hydrogens is 294 g/mol. The van der Waals surface area contributed by atoms with Gasteiger partial charge in [0.25, 0.3) is 5.91 Å². The highest BCUT2D eigenvalue weighted by Crippen LogP contribution is 2.25. The van der Waals surface area contributed by atoms with E-state index in [1.54, 1.807) is 30.7 Å². The minimum atomic E-state index is -0.137. The topological polar surface area (TPSA) is 65.4 Å². The van der Waals surface area contributed by atoms with Gasteiger partial charge in [-0.25, -0.2) is 4.98 Å². The molecule has 0 bridgehead atoms. The lowest BCUT2D eigenvalue weighted by Crippen LogP contribution is -2.25. The van der Waals surface area contributed by atoms with E-state index >= 15 is 0 Å². The number of carbonyl (C=O) groups excluding carboxylic acids is 1.